The molecule has 0 spiro atoms. The predicted molar refractivity (Wildman–Crippen MR) is 197 cm³/mol. The Labute approximate surface area is 269 Å². The van der Waals surface area contributed by atoms with Gasteiger partial charge in [0.1, 0.15) is 16.0 Å². The summed E-state index contributed by atoms with van der Waals surface area (Å²) in [5.74, 6) is 0. The zero-order chi connectivity index (χ0) is 30.2. The third-order valence-corrected chi connectivity index (χ3v) is 10.6. The molecule has 10 rings (SSSR count). The highest BCUT2D eigenvalue weighted by molar-refractivity contribution is 7.25. The maximum Gasteiger partial charge on any atom is 0.138 e. The van der Waals surface area contributed by atoms with Crippen molar-refractivity contribution in [1.82, 2.24) is 9.38 Å². The molecule has 3 aromatic heterocycles. The molecule has 0 saturated heterocycles. The minimum Gasteiger partial charge on any atom is -0.290 e. The van der Waals surface area contributed by atoms with Gasteiger partial charge in [-0.25, -0.2) is 4.98 Å². The number of fused-ring (bicyclic) bond motifs is 8. The summed E-state index contributed by atoms with van der Waals surface area (Å²) in [5, 5.41) is 8.76. The van der Waals surface area contributed by atoms with Crippen molar-refractivity contribution < 1.29 is 0 Å². The van der Waals surface area contributed by atoms with Crippen LogP contribution in [0.1, 0.15) is 0 Å². The molecule has 0 fully saturated rings. The lowest BCUT2D eigenvalue weighted by Crippen LogP contribution is -1.93. The topological polar surface area (TPSA) is 17.3 Å². The molecule has 7 aromatic carbocycles. The van der Waals surface area contributed by atoms with Crippen molar-refractivity contribution in [3.05, 3.63) is 158 Å². The van der Waals surface area contributed by atoms with E-state index >= 15 is 0 Å². The maximum absolute atomic E-state index is 5.05. The van der Waals surface area contributed by atoms with Gasteiger partial charge in [-0.15, -0.1) is 11.3 Å². The lowest BCUT2D eigenvalue weighted by molar-refractivity contribution is 1.24. The van der Waals surface area contributed by atoms with Crippen molar-refractivity contribution in [2.24, 2.45) is 0 Å². The van der Waals surface area contributed by atoms with E-state index in [2.05, 4.69) is 162 Å². The summed E-state index contributed by atoms with van der Waals surface area (Å²) in [6.07, 6.45) is 2.29. The summed E-state index contributed by atoms with van der Waals surface area (Å²) in [6, 6.07) is 55.0. The normalized spacial score (nSPS) is 11.9. The van der Waals surface area contributed by atoms with Crippen LogP contribution in [0.2, 0.25) is 0 Å². The van der Waals surface area contributed by atoms with Gasteiger partial charge in [0.05, 0.1) is 0 Å². The summed E-state index contributed by atoms with van der Waals surface area (Å²) < 4.78 is 3.55. The van der Waals surface area contributed by atoms with Gasteiger partial charge in [-0.1, -0.05) is 133 Å². The van der Waals surface area contributed by atoms with Crippen LogP contribution in [0.5, 0.6) is 0 Å². The number of thiophene rings is 1. The maximum atomic E-state index is 5.05. The first-order valence-electron chi connectivity index (χ1n) is 15.6. The molecular formula is C43H26N2S. The van der Waals surface area contributed by atoms with Crippen LogP contribution in [0.3, 0.4) is 0 Å². The molecule has 3 heteroatoms. The smallest absolute Gasteiger partial charge is 0.138 e. The number of rotatable bonds is 3. The van der Waals surface area contributed by atoms with E-state index < -0.39 is 0 Å². The highest BCUT2D eigenvalue weighted by Gasteiger charge is 2.20. The van der Waals surface area contributed by atoms with Crippen LogP contribution in [0.25, 0.3) is 91.8 Å². The molecule has 2 nitrogen and oxygen atoms in total. The molecular weight excluding hydrogens is 577 g/mol. The molecule has 0 bridgehead atoms. The van der Waals surface area contributed by atoms with Crippen molar-refractivity contribution in [2.45, 2.75) is 0 Å². The van der Waals surface area contributed by atoms with E-state index in [4.69, 9.17) is 4.98 Å². The quantitative estimate of drug-likeness (QED) is 0.184. The Bertz CT molecular complexity index is 2750. The van der Waals surface area contributed by atoms with Crippen molar-refractivity contribution >= 4 is 69.7 Å². The minimum absolute atomic E-state index is 0.978. The SMILES string of the molecule is c1ccc(-c2ccc(-c3c4ccccc4c(-c4ccc5nc6c7ccccc7sc6n5c4)c4ccccc34)c3ccccc23)cc1. The van der Waals surface area contributed by atoms with Gasteiger partial charge >= 0.3 is 0 Å². The number of nitrogens with zero attached hydrogens (tertiary/aromatic N) is 2. The molecule has 10 aromatic rings. The van der Waals surface area contributed by atoms with Crippen molar-refractivity contribution in [1.29, 1.82) is 0 Å². The highest BCUT2D eigenvalue weighted by atomic mass is 32.1. The summed E-state index contributed by atoms with van der Waals surface area (Å²) in [4.78, 5) is 6.24. The zero-order valence-electron chi connectivity index (χ0n) is 24.8. The molecule has 0 unspecified atom stereocenters. The Hall–Kier alpha value is -5.77. The number of hydrogen-bond acceptors (Lipinski definition) is 2. The van der Waals surface area contributed by atoms with E-state index in [1.165, 1.54) is 80.6 Å². The van der Waals surface area contributed by atoms with Crippen molar-refractivity contribution in [2.75, 3.05) is 0 Å². The van der Waals surface area contributed by atoms with Gasteiger partial charge in [-0.3, -0.25) is 4.40 Å². The van der Waals surface area contributed by atoms with Crippen LogP contribution in [-0.2, 0) is 0 Å². The van der Waals surface area contributed by atoms with Gasteiger partial charge < -0.3 is 0 Å². The van der Waals surface area contributed by atoms with Gasteiger partial charge in [-0.2, -0.15) is 0 Å². The monoisotopic (exact) mass is 602 g/mol. The first-order chi connectivity index (χ1) is 22.8. The molecule has 0 radical (unpaired) electrons. The largest absolute Gasteiger partial charge is 0.290 e. The molecule has 0 amide bonds. The fourth-order valence-electron chi connectivity index (χ4n) is 7.42. The minimum atomic E-state index is 0.978. The molecule has 0 aliphatic rings. The van der Waals surface area contributed by atoms with Crippen LogP contribution < -0.4 is 0 Å². The second kappa shape index (κ2) is 9.87. The second-order valence-electron chi connectivity index (χ2n) is 11.9. The van der Waals surface area contributed by atoms with E-state index in [0.29, 0.717) is 0 Å². The Morgan fingerprint density at radius 1 is 0.413 bits per heavy atom. The van der Waals surface area contributed by atoms with E-state index in [1.807, 2.05) is 11.3 Å². The average Bonchev–Trinajstić information content (AvgIpc) is 3.66. The van der Waals surface area contributed by atoms with E-state index in [1.54, 1.807) is 0 Å². The van der Waals surface area contributed by atoms with Crippen LogP contribution in [0.4, 0.5) is 0 Å². The van der Waals surface area contributed by atoms with E-state index in [9.17, 15) is 0 Å². The molecule has 0 aliphatic heterocycles. The standard InChI is InChI=1S/C43H26N2S/c1-2-12-27(13-3-1)29-23-24-36(31-15-5-4-14-30(29)31)41-34-18-8-6-16-32(34)40(33-17-7-9-19-35(33)41)28-22-25-39-44-42-37-20-10-11-21-38(37)46-43(42)45(39)26-28/h1-26H. The van der Waals surface area contributed by atoms with Gasteiger partial charge in [0, 0.05) is 16.3 Å². The van der Waals surface area contributed by atoms with Crippen LogP contribution in [0, 0.1) is 0 Å². The Kier molecular flexibility index (Phi) is 5.48. The fourth-order valence-corrected chi connectivity index (χ4v) is 8.54. The Morgan fingerprint density at radius 3 is 1.65 bits per heavy atom. The molecule has 214 valence electrons. The molecule has 46 heavy (non-hydrogen) atoms. The molecule has 0 N–H and O–H groups in total. The summed E-state index contributed by atoms with van der Waals surface area (Å²) in [5.41, 5.74) is 9.52. The predicted octanol–water partition coefficient (Wildman–Crippen LogP) is 12.2. The second-order valence-corrected chi connectivity index (χ2v) is 13.0. The molecule has 3 heterocycles. The molecule has 0 saturated carbocycles. The number of hydrogen-bond donors (Lipinski definition) is 0. The van der Waals surface area contributed by atoms with Gasteiger partial charge in [0.15, 0.2) is 0 Å². The van der Waals surface area contributed by atoms with E-state index in [0.717, 1.165) is 11.2 Å². The van der Waals surface area contributed by atoms with Crippen molar-refractivity contribution in [3.63, 3.8) is 0 Å². The third-order valence-electron chi connectivity index (χ3n) is 9.42. The summed E-state index contributed by atoms with van der Waals surface area (Å²) in [6.45, 7) is 0. The summed E-state index contributed by atoms with van der Waals surface area (Å²) >= 11 is 1.81. The molecule has 0 aliphatic carbocycles. The average molecular weight is 603 g/mol. The first-order valence-corrected chi connectivity index (χ1v) is 16.5. The number of aromatic nitrogens is 2. The van der Waals surface area contributed by atoms with Gasteiger partial charge in [0.25, 0.3) is 0 Å². The Balaban J connectivity index is 1.28. The highest BCUT2D eigenvalue weighted by Crippen LogP contribution is 2.46. The third kappa shape index (κ3) is 3.67. The lowest BCUT2D eigenvalue weighted by Gasteiger charge is -2.19. The first kappa shape index (κ1) is 25.5. The number of pyridine rings is 1. The van der Waals surface area contributed by atoms with Gasteiger partial charge in [0.2, 0.25) is 0 Å². The van der Waals surface area contributed by atoms with E-state index in [-0.39, 0.29) is 0 Å². The Morgan fingerprint density at radius 2 is 0.957 bits per heavy atom. The van der Waals surface area contributed by atoms with Crippen LogP contribution in [-0.4, -0.2) is 9.38 Å². The molecule has 0 atom stereocenters. The van der Waals surface area contributed by atoms with Crippen LogP contribution in [0.15, 0.2) is 158 Å². The van der Waals surface area contributed by atoms with Gasteiger partial charge in [-0.05, 0) is 83.9 Å². The van der Waals surface area contributed by atoms with Crippen LogP contribution >= 0.6 is 11.3 Å². The summed E-state index contributed by atoms with van der Waals surface area (Å²) in [7, 11) is 0. The lowest BCUT2D eigenvalue weighted by atomic mass is 9.84. The number of imidazole rings is 1. The number of benzene rings is 7. The zero-order valence-corrected chi connectivity index (χ0v) is 25.6. The fraction of sp³-hybridized carbons (Fsp3) is 0. The van der Waals surface area contributed by atoms with Crippen molar-refractivity contribution in [3.8, 4) is 33.4 Å².